The Morgan fingerprint density at radius 3 is 3.19 bits per heavy atom. The van der Waals surface area contributed by atoms with Crippen LogP contribution in [0.2, 0.25) is 0 Å². The molecule has 0 aromatic carbocycles. The van der Waals surface area contributed by atoms with Gasteiger partial charge in [-0.25, -0.2) is 0 Å². The number of methoxy groups -OCH3 is 1. The summed E-state index contributed by atoms with van der Waals surface area (Å²) >= 11 is 3.05. The molecule has 0 radical (unpaired) electrons. The Labute approximate surface area is 161 Å². The molecule has 1 saturated heterocycles. The maximum Gasteiger partial charge on any atom is 0.230 e. The average molecular weight is 397 g/mol. The third-order valence-electron chi connectivity index (χ3n) is 4.05. The minimum absolute atomic E-state index is 0.00422. The number of thioether (sulfide) groups is 1. The van der Waals surface area contributed by atoms with Crippen LogP contribution in [0.4, 0.5) is 0 Å². The summed E-state index contributed by atoms with van der Waals surface area (Å²) < 4.78 is 12.9. The summed E-state index contributed by atoms with van der Waals surface area (Å²) in [6, 6.07) is 4.04. The molecule has 1 amide bonds. The zero-order chi connectivity index (χ0) is 18.2. The Kier molecular flexibility index (Phi) is 7.48. The first-order valence-corrected chi connectivity index (χ1v) is 10.6. The molecule has 0 aliphatic carbocycles. The van der Waals surface area contributed by atoms with E-state index in [-0.39, 0.29) is 12.0 Å². The fourth-order valence-electron chi connectivity index (χ4n) is 2.77. The summed E-state index contributed by atoms with van der Waals surface area (Å²) in [5.41, 5.74) is 0. The van der Waals surface area contributed by atoms with Crippen LogP contribution in [0.5, 0.6) is 0 Å². The smallest absolute Gasteiger partial charge is 0.230 e. The van der Waals surface area contributed by atoms with E-state index in [0.717, 1.165) is 48.3 Å². The van der Waals surface area contributed by atoms with Crippen LogP contribution in [0.1, 0.15) is 19.3 Å². The SMILES string of the molecule is COCCCNC(=O)CSc1nnc(-c2cccs2)n1CC1CCCO1. The second-order valence-corrected chi connectivity index (χ2v) is 7.90. The van der Waals surface area contributed by atoms with E-state index in [4.69, 9.17) is 9.47 Å². The molecule has 1 N–H and O–H groups in total. The predicted octanol–water partition coefficient (Wildman–Crippen LogP) is 2.43. The van der Waals surface area contributed by atoms with E-state index in [1.54, 1.807) is 18.4 Å². The molecule has 2 aromatic rings. The quantitative estimate of drug-likeness (QED) is 0.491. The number of nitrogens with one attached hydrogen (secondary N) is 1. The van der Waals surface area contributed by atoms with Gasteiger partial charge in [0.2, 0.25) is 5.91 Å². The Balaban J connectivity index is 1.63. The van der Waals surface area contributed by atoms with E-state index < -0.39 is 0 Å². The van der Waals surface area contributed by atoms with Crippen LogP contribution in [0, 0.1) is 0 Å². The Morgan fingerprint density at radius 1 is 1.54 bits per heavy atom. The summed E-state index contributed by atoms with van der Waals surface area (Å²) in [4.78, 5) is 13.1. The van der Waals surface area contributed by atoms with Gasteiger partial charge >= 0.3 is 0 Å². The predicted molar refractivity (Wildman–Crippen MR) is 103 cm³/mol. The van der Waals surface area contributed by atoms with Gasteiger partial charge in [-0.15, -0.1) is 21.5 Å². The highest BCUT2D eigenvalue weighted by atomic mass is 32.2. The lowest BCUT2D eigenvalue weighted by Crippen LogP contribution is -2.27. The second kappa shape index (κ2) is 10.1. The minimum Gasteiger partial charge on any atom is -0.385 e. The van der Waals surface area contributed by atoms with Gasteiger partial charge < -0.3 is 14.8 Å². The van der Waals surface area contributed by atoms with Crippen molar-refractivity contribution in [2.45, 2.75) is 37.1 Å². The molecule has 1 aliphatic heterocycles. The largest absolute Gasteiger partial charge is 0.385 e. The lowest BCUT2D eigenvalue weighted by molar-refractivity contribution is -0.118. The number of amides is 1. The highest BCUT2D eigenvalue weighted by Gasteiger charge is 2.22. The molecule has 1 atom stereocenters. The molecule has 26 heavy (non-hydrogen) atoms. The van der Waals surface area contributed by atoms with E-state index in [9.17, 15) is 4.79 Å². The van der Waals surface area contributed by atoms with Crippen LogP contribution in [0.15, 0.2) is 22.7 Å². The summed E-state index contributed by atoms with van der Waals surface area (Å²) in [5, 5.41) is 14.4. The number of carbonyl (C=O) groups excluding carboxylic acids is 1. The third-order valence-corrected chi connectivity index (χ3v) is 5.88. The first kappa shape index (κ1) is 19.3. The molecule has 3 heterocycles. The average Bonchev–Trinajstić information content (AvgIpc) is 3.39. The van der Waals surface area contributed by atoms with E-state index in [0.29, 0.717) is 18.9 Å². The van der Waals surface area contributed by atoms with Gasteiger partial charge in [-0.05, 0) is 30.7 Å². The Hall–Kier alpha value is -1.42. The highest BCUT2D eigenvalue weighted by molar-refractivity contribution is 7.99. The zero-order valence-electron chi connectivity index (χ0n) is 14.8. The molecule has 0 saturated carbocycles. The molecular weight excluding hydrogens is 372 g/mol. The summed E-state index contributed by atoms with van der Waals surface area (Å²) in [5.74, 6) is 1.16. The van der Waals surface area contributed by atoms with Gasteiger partial charge in [0.25, 0.3) is 0 Å². The number of aromatic nitrogens is 3. The number of hydrogen-bond acceptors (Lipinski definition) is 7. The molecule has 1 fully saturated rings. The van der Waals surface area contributed by atoms with Gasteiger partial charge in [0.15, 0.2) is 11.0 Å². The number of carbonyl (C=O) groups is 1. The van der Waals surface area contributed by atoms with Gasteiger partial charge in [-0.2, -0.15) is 0 Å². The molecule has 0 spiro atoms. The lowest BCUT2D eigenvalue weighted by atomic mass is 10.2. The van der Waals surface area contributed by atoms with Crippen LogP contribution >= 0.6 is 23.1 Å². The van der Waals surface area contributed by atoms with Crippen molar-refractivity contribution in [1.82, 2.24) is 20.1 Å². The molecular formula is C17H24N4O3S2. The normalized spacial score (nSPS) is 16.9. The van der Waals surface area contributed by atoms with Crippen molar-refractivity contribution in [3.05, 3.63) is 17.5 Å². The van der Waals surface area contributed by atoms with E-state index in [1.165, 1.54) is 11.8 Å². The van der Waals surface area contributed by atoms with Crippen molar-refractivity contribution in [3.63, 3.8) is 0 Å². The number of hydrogen-bond donors (Lipinski definition) is 1. The zero-order valence-corrected chi connectivity index (χ0v) is 16.5. The fraction of sp³-hybridized carbons (Fsp3) is 0.588. The van der Waals surface area contributed by atoms with Gasteiger partial charge in [0.05, 0.1) is 23.3 Å². The van der Waals surface area contributed by atoms with Crippen molar-refractivity contribution < 1.29 is 14.3 Å². The third kappa shape index (κ3) is 5.29. The molecule has 1 aliphatic rings. The molecule has 7 nitrogen and oxygen atoms in total. The molecule has 2 aromatic heterocycles. The first-order valence-electron chi connectivity index (χ1n) is 8.75. The minimum atomic E-state index is -0.00422. The summed E-state index contributed by atoms with van der Waals surface area (Å²) in [6.07, 6.45) is 3.14. The number of nitrogens with zero attached hydrogens (tertiary/aromatic N) is 3. The van der Waals surface area contributed by atoms with Gasteiger partial charge in [0.1, 0.15) is 0 Å². The van der Waals surface area contributed by atoms with E-state index >= 15 is 0 Å². The maximum atomic E-state index is 12.0. The van der Waals surface area contributed by atoms with Crippen molar-refractivity contribution in [2.24, 2.45) is 0 Å². The molecule has 0 bridgehead atoms. The van der Waals surface area contributed by atoms with Gasteiger partial charge in [-0.1, -0.05) is 17.8 Å². The highest BCUT2D eigenvalue weighted by Crippen LogP contribution is 2.28. The Morgan fingerprint density at radius 2 is 2.46 bits per heavy atom. The standard InChI is InChI=1S/C17H24N4O3S2/c1-23-8-4-7-18-15(22)12-26-17-20-19-16(14-6-3-10-25-14)21(17)11-13-5-2-9-24-13/h3,6,10,13H,2,4-5,7-9,11-12H2,1H3,(H,18,22). The second-order valence-electron chi connectivity index (χ2n) is 6.01. The van der Waals surface area contributed by atoms with Crippen molar-refractivity contribution >= 4 is 29.0 Å². The van der Waals surface area contributed by atoms with E-state index in [1.807, 2.05) is 17.5 Å². The molecule has 9 heteroatoms. The maximum absolute atomic E-state index is 12.0. The molecule has 1 unspecified atom stereocenters. The summed E-state index contributed by atoms with van der Waals surface area (Å²) in [6.45, 7) is 2.80. The van der Waals surface area contributed by atoms with Gasteiger partial charge in [0, 0.05) is 26.9 Å². The lowest BCUT2D eigenvalue weighted by Gasteiger charge is -2.14. The van der Waals surface area contributed by atoms with Crippen LogP contribution in [0.3, 0.4) is 0 Å². The number of rotatable bonds is 10. The van der Waals surface area contributed by atoms with Crippen molar-refractivity contribution in [3.8, 4) is 10.7 Å². The van der Waals surface area contributed by atoms with Crippen LogP contribution in [0.25, 0.3) is 10.7 Å². The first-order chi connectivity index (χ1) is 12.8. The summed E-state index contributed by atoms with van der Waals surface area (Å²) in [7, 11) is 1.66. The number of ether oxygens (including phenoxy) is 2. The van der Waals surface area contributed by atoms with Crippen molar-refractivity contribution in [2.75, 3.05) is 32.6 Å². The number of thiophene rings is 1. The van der Waals surface area contributed by atoms with E-state index in [2.05, 4.69) is 20.1 Å². The molecule has 3 rings (SSSR count). The fourth-order valence-corrected chi connectivity index (χ4v) is 4.26. The monoisotopic (exact) mass is 396 g/mol. The topological polar surface area (TPSA) is 78.3 Å². The van der Waals surface area contributed by atoms with Crippen LogP contribution in [-0.2, 0) is 20.8 Å². The van der Waals surface area contributed by atoms with Crippen LogP contribution in [-0.4, -0.2) is 59.4 Å². The molecule has 142 valence electrons. The van der Waals surface area contributed by atoms with Gasteiger partial charge in [-0.3, -0.25) is 9.36 Å². The van der Waals surface area contributed by atoms with Crippen LogP contribution < -0.4 is 5.32 Å². The Bertz CT molecular complexity index is 684. The van der Waals surface area contributed by atoms with Crippen molar-refractivity contribution in [1.29, 1.82) is 0 Å².